The highest BCUT2D eigenvalue weighted by Gasteiger charge is 2.32. The van der Waals surface area contributed by atoms with Crippen LogP contribution >= 0.6 is 24.0 Å². The average molecular weight is 496 g/mol. The van der Waals surface area contributed by atoms with Gasteiger partial charge in [0.15, 0.2) is 5.96 Å². The lowest BCUT2D eigenvalue weighted by Crippen LogP contribution is -2.54. The molecular formula is C18H33IN4O4. The van der Waals surface area contributed by atoms with Gasteiger partial charge in [0, 0.05) is 46.9 Å². The Morgan fingerprint density at radius 2 is 1.85 bits per heavy atom. The maximum Gasteiger partial charge on any atom is 0.243 e. The fourth-order valence-electron chi connectivity index (χ4n) is 3.55. The number of morpholine rings is 1. The molecule has 8 nitrogen and oxygen atoms in total. The molecule has 9 heteroatoms. The Hall–Kier alpha value is -0.650. The first-order chi connectivity index (χ1) is 12.6. The molecule has 0 aromatic carbocycles. The van der Waals surface area contributed by atoms with Crippen molar-refractivity contribution < 1.29 is 19.0 Å². The summed E-state index contributed by atoms with van der Waals surface area (Å²) in [6.45, 7) is 4.65. The summed E-state index contributed by atoms with van der Waals surface area (Å²) in [6.07, 6.45) is 4.77. The van der Waals surface area contributed by atoms with Crippen LogP contribution in [0.25, 0.3) is 0 Å². The highest BCUT2D eigenvalue weighted by Crippen LogP contribution is 2.21. The van der Waals surface area contributed by atoms with Gasteiger partial charge in [0.1, 0.15) is 12.6 Å². The van der Waals surface area contributed by atoms with Crippen molar-refractivity contribution in [2.75, 3.05) is 60.1 Å². The zero-order chi connectivity index (χ0) is 18.4. The minimum atomic E-state index is -0.00893. The fourth-order valence-corrected chi connectivity index (χ4v) is 3.55. The number of nitrogens with zero attached hydrogens (tertiary/aromatic N) is 3. The molecule has 3 fully saturated rings. The van der Waals surface area contributed by atoms with Gasteiger partial charge in [0.2, 0.25) is 5.91 Å². The standard InChI is InChI=1S/C18H32N4O4.HI/c1-21(2)17(23)12-20-18(19-11-14-5-3-8-24-14)22-7-10-26-16(13-22)15-6-4-9-25-15;/h14-16H,3-13H2,1-2H3,(H,19,20);1H. The number of nitrogens with one attached hydrogen (secondary N) is 1. The van der Waals surface area contributed by atoms with E-state index in [0.29, 0.717) is 6.61 Å². The van der Waals surface area contributed by atoms with Crippen LogP contribution in [0.1, 0.15) is 25.7 Å². The Bertz CT molecular complexity index is 494. The second-order valence-corrected chi connectivity index (χ2v) is 7.35. The zero-order valence-electron chi connectivity index (χ0n) is 16.4. The Morgan fingerprint density at radius 1 is 1.11 bits per heavy atom. The first-order valence-corrected chi connectivity index (χ1v) is 9.71. The Balaban J connectivity index is 0.00000261. The van der Waals surface area contributed by atoms with Crippen molar-refractivity contribution in [2.24, 2.45) is 4.99 Å². The summed E-state index contributed by atoms with van der Waals surface area (Å²) in [7, 11) is 3.50. The number of hydrogen-bond acceptors (Lipinski definition) is 5. The highest BCUT2D eigenvalue weighted by atomic mass is 127. The molecule has 27 heavy (non-hydrogen) atoms. The van der Waals surface area contributed by atoms with Gasteiger partial charge in [0.25, 0.3) is 0 Å². The molecule has 3 aliphatic rings. The molecule has 0 bridgehead atoms. The Labute approximate surface area is 179 Å². The zero-order valence-corrected chi connectivity index (χ0v) is 18.7. The van der Waals surface area contributed by atoms with E-state index in [1.807, 2.05) is 0 Å². The predicted molar refractivity (Wildman–Crippen MR) is 114 cm³/mol. The van der Waals surface area contributed by atoms with Gasteiger partial charge in [-0.25, -0.2) is 4.99 Å². The molecule has 1 amide bonds. The van der Waals surface area contributed by atoms with Crippen LogP contribution in [0, 0.1) is 0 Å². The lowest BCUT2D eigenvalue weighted by atomic mass is 10.1. The molecular weight excluding hydrogens is 463 g/mol. The van der Waals surface area contributed by atoms with Crippen LogP contribution in [-0.4, -0.2) is 100 Å². The number of aliphatic imine (C=N–C) groups is 1. The lowest BCUT2D eigenvalue weighted by Gasteiger charge is -2.37. The van der Waals surface area contributed by atoms with Gasteiger partial charge in [-0.3, -0.25) is 4.79 Å². The number of halogens is 1. The van der Waals surface area contributed by atoms with Gasteiger partial charge in [-0.1, -0.05) is 0 Å². The van der Waals surface area contributed by atoms with E-state index in [-0.39, 0.29) is 54.7 Å². The molecule has 3 unspecified atom stereocenters. The molecule has 3 rings (SSSR count). The maximum atomic E-state index is 12.0. The van der Waals surface area contributed by atoms with Crippen LogP contribution in [0.4, 0.5) is 0 Å². The highest BCUT2D eigenvalue weighted by molar-refractivity contribution is 14.0. The molecule has 0 spiro atoms. The molecule has 0 aliphatic carbocycles. The number of ether oxygens (including phenoxy) is 3. The monoisotopic (exact) mass is 496 g/mol. The fraction of sp³-hybridized carbons (Fsp3) is 0.889. The molecule has 1 N–H and O–H groups in total. The normalized spacial score (nSPS) is 28.7. The minimum absolute atomic E-state index is 0. The van der Waals surface area contributed by atoms with Crippen molar-refractivity contribution in [2.45, 2.75) is 44.0 Å². The van der Waals surface area contributed by atoms with E-state index in [4.69, 9.17) is 14.2 Å². The van der Waals surface area contributed by atoms with Crippen LogP contribution in [-0.2, 0) is 19.0 Å². The first kappa shape index (κ1) is 22.6. The first-order valence-electron chi connectivity index (χ1n) is 9.71. The molecule has 3 saturated heterocycles. The predicted octanol–water partition coefficient (Wildman–Crippen LogP) is 0.697. The summed E-state index contributed by atoms with van der Waals surface area (Å²) in [4.78, 5) is 20.3. The van der Waals surface area contributed by atoms with E-state index in [0.717, 1.165) is 64.5 Å². The molecule has 0 saturated carbocycles. The third-order valence-electron chi connectivity index (χ3n) is 5.15. The van der Waals surface area contributed by atoms with Gasteiger partial charge in [-0.2, -0.15) is 0 Å². The van der Waals surface area contributed by atoms with Gasteiger partial charge in [0.05, 0.1) is 18.8 Å². The molecule has 3 heterocycles. The Morgan fingerprint density at radius 3 is 2.52 bits per heavy atom. The maximum absolute atomic E-state index is 12.0. The van der Waals surface area contributed by atoms with Gasteiger partial charge < -0.3 is 29.3 Å². The number of amides is 1. The van der Waals surface area contributed by atoms with Crippen LogP contribution in [0.15, 0.2) is 4.99 Å². The number of likely N-dealkylation sites (N-methyl/N-ethyl adjacent to an activating group) is 1. The van der Waals surface area contributed by atoms with Crippen LogP contribution in [0.2, 0.25) is 0 Å². The Kier molecular flexibility index (Phi) is 9.54. The van der Waals surface area contributed by atoms with E-state index in [1.54, 1.807) is 19.0 Å². The molecule has 0 aromatic rings. The summed E-state index contributed by atoms with van der Waals surface area (Å²) in [6, 6.07) is 0. The van der Waals surface area contributed by atoms with Crippen molar-refractivity contribution in [1.82, 2.24) is 15.1 Å². The number of hydrogen-bond donors (Lipinski definition) is 1. The second-order valence-electron chi connectivity index (χ2n) is 7.35. The van der Waals surface area contributed by atoms with E-state index in [2.05, 4.69) is 15.2 Å². The van der Waals surface area contributed by atoms with Gasteiger partial charge >= 0.3 is 0 Å². The summed E-state index contributed by atoms with van der Waals surface area (Å²) in [5, 5.41) is 3.42. The smallest absolute Gasteiger partial charge is 0.243 e. The topological polar surface area (TPSA) is 75.6 Å². The van der Waals surface area contributed by atoms with E-state index in [1.165, 1.54) is 0 Å². The summed E-state index contributed by atoms with van der Waals surface area (Å²) in [5.74, 6) is 0.757. The van der Waals surface area contributed by atoms with Crippen molar-refractivity contribution in [1.29, 1.82) is 0 Å². The third-order valence-corrected chi connectivity index (χ3v) is 5.15. The molecule has 156 valence electrons. The molecule has 0 aromatic heterocycles. The molecule has 3 aliphatic heterocycles. The van der Waals surface area contributed by atoms with Crippen molar-refractivity contribution >= 4 is 35.8 Å². The van der Waals surface area contributed by atoms with Gasteiger partial charge in [-0.05, 0) is 25.7 Å². The van der Waals surface area contributed by atoms with E-state index in [9.17, 15) is 4.79 Å². The van der Waals surface area contributed by atoms with E-state index < -0.39 is 0 Å². The quantitative estimate of drug-likeness (QED) is 0.343. The van der Waals surface area contributed by atoms with Crippen molar-refractivity contribution in [3.8, 4) is 0 Å². The van der Waals surface area contributed by atoms with Crippen molar-refractivity contribution in [3.63, 3.8) is 0 Å². The molecule has 3 atom stereocenters. The van der Waals surface area contributed by atoms with Crippen molar-refractivity contribution in [3.05, 3.63) is 0 Å². The van der Waals surface area contributed by atoms with Crippen LogP contribution < -0.4 is 5.32 Å². The minimum Gasteiger partial charge on any atom is -0.376 e. The van der Waals surface area contributed by atoms with Crippen LogP contribution in [0.5, 0.6) is 0 Å². The summed E-state index contributed by atoms with van der Waals surface area (Å²) >= 11 is 0. The van der Waals surface area contributed by atoms with Crippen LogP contribution in [0.3, 0.4) is 0 Å². The lowest BCUT2D eigenvalue weighted by molar-refractivity contribution is -0.127. The summed E-state index contributed by atoms with van der Waals surface area (Å²) < 4.78 is 17.4. The average Bonchev–Trinajstić information content (AvgIpc) is 3.35. The summed E-state index contributed by atoms with van der Waals surface area (Å²) in [5.41, 5.74) is 0. The SMILES string of the molecule is CN(C)C(=O)CN=C(NCC1CCCO1)N1CCOC(C2CCCO2)C1.I. The number of carbonyl (C=O) groups excluding carboxylic acids is 1. The second kappa shape index (κ2) is 11.4. The van der Waals surface area contributed by atoms with E-state index >= 15 is 0 Å². The molecule has 0 radical (unpaired) electrons. The third kappa shape index (κ3) is 6.72. The largest absolute Gasteiger partial charge is 0.376 e. The number of carbonyl (C=O) groups is 1. The number of guanidine groups is 1. The van der Waals surface area contributed by atoms with Gasteiger partial charge in [-0.15, -0.1) is 24.0 Å². The number of rotatable bonds is 5.